The minimum Gasteiger partial charge on any atom is -0.307 e. The molecular weight excluding hydrogens is 284 g/mol. The summed E-state index contributed by atoms with van der Waals surface area (Å²) in [5, 5.41) is 8.84. The topological polar surface area (TPSA) is 72.2 Å². The molecule has 0 spiro atoms. The molecule has 0 amide bonds. The van der Waals surface area contributed by atoms with E-state index in [-0.39, 0.29) is 10.9 Å². The number of hydrogen-bond donors (Lipinski definition) is 2. The molecule has 0 aromatic heterocycles. The van der Waals surface area contributed by atoms with E-state index in [9.17, 15) is 8.42 Å². The van der Waals surface area contributed by atoms with Crippen molar-refractivity contribution >= 4 is 10.0 Å². The molecule has 1 aromatic carbocycles. The molecule has 3 N–H and O–H groups in total. The van der Waals surface area contributed by atoms with Crippen LogP contribution < -0.4 is 10.5 Å². The van der Waals surface area contributed by atoms with Crippen LogP contribution in [0.4, 0.5) is 0 Å². The van der Waals surface area contributed by atoms with Crippen molar-refractivity contribution in [2.45, 2.75) is 57.0 Å². The second-order valence-electron chi connectivity index (χ2n) is 6.41. The van der Waals surface area contributed by atoms with Gasteiger partial charge in [0.05, 0.1) is 4.90 Å². The predicted molar refractivity (Wildman–Crippen MR) is 85.3 cm³/mol. The zero-order valence-corrected chi connectivity index (χ0v) is 13.9. The van der Waals surface area contributed by atoms with Crippen molar-refractivity contribution in [2.24, 2.45) is 17.0 Å². The predicted octanol–water partition coefficient (Wildman–Crippen LogP) is 2.81. The van der Waals surface area contributed by atoms with E-state index in [1.807, 2.05) is 12.1 Å². The lowest BCUT2D eigenvalue weighted by atomic mass is 9.78. The van der Waals surface area contributed by atoms with Crippen molar-refractivity contribution in [1.29, 1.82) is 0 Å². The Labute approximate surface area is 128 Å². The average molecular weight is 310 g/mol. The van der Waals surface area contributed by atoms with Gasteiger partial charge in [-0.15, -0.1) is 0 Å². The summed E-state index contributed by atoms with van der Waals surface area (Å²) in [6.07, 6.45) is 3.87. The molecule has 3 unspecified atom stereocenters. The van der Waals surface area contributed by atoms with Crippen LogP contribution in [0.2, 0.25) is 0 Å². The summed E-state index contributed by atoms with van der Waals surface area (Å²) in [5.41, 5.74) is 1.09. The van der Waals surface area contributed by atoms with Crippen LogP contribution in [0.15, 0.2) is 29.2 Å². The maximum Gasteiger partial charge on any atom is 0.238 e. The van der Waals surface area contributed by atoms with Gasteiger partial charge in [0.2, 0.25) is 10.0 Å². The van der Waals surface area contributed by atoms with Crippen LogP contribution in [0.25, 0.3) is 0 Å². The van der Waals surface area contributed by atoms with Gasteiger partial charge >= 0.3 is 0 Å². The smallest absolute Gasteiger partial charge is 0.238 e. The highest BCUT2D eigenvalue weighted by Crippen LogP contribution is 2.30. The van der Waals surface area contributed by atoms with Crippen molar-refractivity contribution < 1.29 is 8.42 Å². The number of nitrogens with two attached hydrogens (primary N) is 1. The summed E-state index contributed by atoms with van der Waals surface area (Å²) in [7, 11) is -3.61. The Morgan fingerprint density at radius 3 is 2.14 bits per heavy atom. The SMILES string of the molecule is CC(NC1C(C)CCCC1C)c1ccc(S(N)(=O)=O)cc1. The van der Waals surface area contributed by atoms with Gasteiger partial charge in [0.25, 0.3) is 0 Å². The van der Waals surface area contributed by atoms with Crippen LogP contribution in [0.1, 0.15) is 51.6 Å². The zero-order chi connectivity index (χ0) is 15.6. The number of hydrogen-bond acceptors (Lipinski definition) is 3. The van der Waals surface area contributed by atoms with Gasteiger partial charge in [0.1, 0.15) is 0 Å². The van der Waals surface area contributed by atoms with E-state index in [4.69, 9.17) is 5.14 Å². The summed E-state index contributed by atoms with van der Waals surface area (Å²) >= 11 is 0. The lowest BCUT2D eigenvalue weighted by molar-refractivity contribution is 0.196. The standard InChI is InChI=1S/C16H26N2O2S/c1-11-5-4-6-12(2)16(11)18-13(3)14-7-9-15(10-8-14)21(17,19)20/h7-13,16,18H,4-6H2,1-3H3,(H2,17,19,20). The fourth-order valence-corrected chi connectivity index (χ4v) is 3.86. The minimum absolute atomic E-state index is 0.165. The fourth-order valence-electron chi connectivity index (χ4n) is 3.34. The zero-order valence-electron chi connectivity index (χ0n) is 13.0. The lowest BCUT2D eigenvalue weighted by Gasteiger charge is -2.37. The molecule has 1 saturated carbocycles. The van der Waals surface area contributed by atoms with Crippen LogP contribution in [0.3, 0.4) is 0 Å². The van der Waals surface area contributed by atoms with Crippen molar-refractivity contribution in [1.82, 2.24) is 5.32 Å². The third-order valence-corrected chi connectivity index (χ3v) is 5.63. The van der Waals surface area contributed by atoms with Crippen LogP contribution in [-0.4, -0.2) is 14.5 Å². The van der Waals surface area contributed by atoms with Gasteiger partial charge in [-0.1, -0.05) is 32.4 Å². The molecule has 3 atom stereocenters. The first-order chi connectivity index (χ1) is 9.79. The first-order valence-electron chi connectivity index (χ1n) is 7.68. The molecular formula is C16H26N2O2S. The maximum atomic E-state index is 11.3. The second kappa shape index (κ2) is 6.46. The van der Waals surface area contributed by atoms with Crippen LogP contribution in [-0.2, 0) is 10.0 Å². The molecule has 1 fully saturated rings. The Hall–Kier alpha value is -0.910. The quantitative estimate of drug-likeness (QED) is 0.898. The maximum absolute atomic E-state index is 11.3. The third-order valence-electron chi connectivity index (χ3n) is 4.70. The molecule has 1 aromatic rings. The molecule has 0 radical (unpaired) electrons. The number of nitrogens with one attached hydrogen (secondary N) is 1. The molecule has 0 aliphatic heterocycles. The molecule has 0 heterocycles. The van der Waals surface area contributed by atoms with Crippen molar-refractivity contribution in [3.8, 4) is 0 Å². The first kappa shape index (κ1) is 16.5. The first-order valence-corrected chi connectivity index (χ1v) is 9.22. The van der Waals surface area contributed by atoms with E-state index >= 15 is 0 Å². The second-order valence-corrected chi connectivity index (χ2v) is 7.98. The van der Waals surface area contributed by atoms with E-state index in [1.54, 1.807) is 12.1 Å². The molecule has 118 valence electrons. The number of benzene rings is 1. The molecule has 1 aliphatic carbocycles. The summed E-state index contributed by atoms with van der Waals surface area (Å²) in [6, 6.07) is 7.57. The summed E-state index contributed by atoms with van der Waals surface area (Å²) in [6.45, 7) is 6.74. The Morgan fingerprint density at radius 1 is 1.14 bits per heavy atom. The molecule has 0 saturated heterocycles. The van der Waals surface area contributed by atoms with Crippen LogP contribution >= 0.6 is 0 Å². The van der Waals surface area contributed by atoms with Gasteiger partial charge in [-0.3, -0.25) is 0 Å². The summed E-state index contributed by atoms with van der Waals surface area (Å²) in [5.74, 6) is 1.36. The van der Waals surface area contributed by atoms with E-state index < -0.39 is 10.0 Å². The number of sulfonamides is 1. The highest BCUT2D eigenvalue weighted by Gasteiger charge is 2.28. The Balaban J connectivity index is 2.08. The van der Waals surface area contributed by atoms with Gasteiger partial charge in [-0.2, -0.15) is 0 Å². The lowest BCUT2D eigenvalue weighted by Crippen LogP contribution is -2.43. The Morgan fingerprint density at radius 2 is 1.67 bits per heavy atom. The van der Waals surface area contributed by atoms with E-state index in [0.717, 1.165) is 5.56 Å². The van der Waals surface area contributed by atoms with E-state index in [2.05, 4.69) is 26.1 Å². The summed E-state index contributed by atoms with van der Waals surface area (Å²) < 4.78 is 22.6. The van der Waals surface area contributed by atoms with Crippen molar-refractivity contribution in [2.75, 3.05) is 0 Å². The van der Waals surface area contributed by atoms with Crippen molar-refractivity contribution in [3.05, 3.63) is 29.8 Å². The third kappa shape index (κ3) is 4.05. The average Bonchev–Trinajstić information content (AvgIpc) is 2.42. The normalized spacial score (nSPS) is 28.3. The largest absolute Gasteiger partial charge is 0.307 e. The minimum atomic E-state index is -3.61. The molecule has 2 rings (SSSR count). The number of primary sulfonamides is 1. The molecule has 4 nitrogen and oxygen atoms in total. The Bertz CT molecular complexity index is 558. The monoisotopic (exact) mass is 310 g/mol. The highest BCUT2D eigenvalue weighted by atomic mass is 32.2. The van der Waals surface area contributed by atoms with Gasteiger partial charge in [-0.25, -0.2) is 13.6 Å². The molecule has 0 bridgehead atoms. The fraction of sp³-hybridized carbons (Fsp3) is 0.625. The van der Waals surface area contributed by atoms with Crippen LogP contribution in [0, 0.1) is 11.8 Å². The van der Waals surface area contributed by atoms with Crippen LogP contribution in [0.5, 0.6) is 0 Å². The number of rotatable bonds is 4. The van der Waals surface area contributed by atoms with E-state index in [0.29, 0.717) is 17.9 Å². The Kier molecular flexibility index (Phi) is 5.07. The van der Waals surface area contributed by atoms with Gasteiger partial charge in [-0.05, 0) is 49.3 Å². The molecule has 5 heteroatoms. The van der Waals surface area contributed by atoms with Gasteiger partial charge < -0.3 is 5.32 Å². The highest BCUT2D eigenvalue weighted by molar-refractivity contribution is 7.89. The molecule has 21 heavy (non-hydrogen) atoms. The van der Waals surface area contributed by atoms with Gasteiger partial charge in [0, 0.05) is 12.1 Å². The molecule has 1 aliphatic rings. The van der Waals surface area contributed by atoms with E-state index in [1.165, 1.54) is 19.3 Å². The van der Waals surface area contributed by atoms with Crippen molar-refractivity contribution in [3.63, 3.8) is 0 Å². The summed E-state index contributed by atoms with van der Waals surface area (Å²) in [4.78, 5) is 0.165. The van der Waals surface area contributed by atoms with Gasteiger partial charge in [0.15, 0.2) is 0 Å².